The maximum Gasteiger partial charge on any atom is 0.335 e. The summed E-state index contributed by atoms with van der Waals surface area (Å²) < 4.78 is 0. The van der Waals surface area contributed by atoms with E-state index in [-0.39, 0.29) is 0 Å². The van der Waals surface area contributed by atoms with E-state index < -0.39 is 23.1 Å². The Morgan fingerprint density at radius 2 is 1.68 bits per heavy atom. The molecule has 1 aliphatic heterocycles. The standard InChI is InChI=1S/C14H17Cl2N3O2S/c1-14(2,3)19-11(20)17(4)13(22)18(12(19)21)8-5-6-9(15)10(16)7-8/h5-7,13,22H,1-4H3. The van der Waals surface area contributed by atoms with E-state index >= 15 is 0 Å². The molecule has 0 saturated carbocycles. The Bertz CT molecular complexity index is 633. The fourth-order valence-corrected chi connectivity index (χ4v) is 2.79. The van der Waals surface area contributed by atoms with E-state index in [1.165, 1.54) is 14.7 Å². The first-order valence-electron chi connectivity index (χ1n) is 6.59. The molecule has 0 radical (unpaired) electrons. The lowest BCUT2D eigenvalue weighted by Gasteiger charge is -2.48. The molecule has 8 heteroatoms. The van der Waals surface area contributed by atoms with Gasteiger partial charge in [-0.05, 0) is 39.0 Å². The number of carbonyl (C=O) groups is 2. The Morgan fingerprint density at radius 3 is 2.18 bits per heavy atom. The molecular formula is C14H17Cl2N3O2S. The van der Waals surface area contributed by atoms with Gasteiger partial charge in [0.05, 0.1) is 15.7 Å². The van der Waals surface area contributed by atoms with Crippen LogP contribution >= 0.6 is 35.8 Å². The quantitative estimate of drug-likeness (QED) is 0.757. The van der Waals surface area contributed by atoms with Crippen LogP contribution in [0.4, 0.5) is 15.3 Å². The van der Waals surface area contributed by atoms with Gasteiger partial charge in [-0.15, -0.1) is 12.6 Å². The molecule has 22 heavy (non-hydrogen) atoms. The second kappa shape index (κ2) is 5.83. The minimum absolute atomic E-state index is 0.328. The van der Waals surface area contributed by atoms with Gasteiger partial charge in [0, 0.05) is 12.6 Å². The molecule has 1 fully saturated rings. The van der Waals surface area contributed by atoms with Crippen LogP contribution in [0.1, 0.15) is 20.8 Å². The Morgan fingerprint density at radius 1 is 1.09 bits per heavy atom. The van der Waals surface area contributed by atoms with Crippen LogP contribution < -0.4 is 4.90 Å². The lowest BCUT2D eigenvalue weighted by molar-refractivity contribution is 0.111. The molecule has 2 rings (SSSR count). The van der Waals surface area contributed by atoms with Crippen molar-refractivity contribution in [3.63, 3.8) is 0 Å². The van der Waals surface area contributed by atoms with Gasteiger partial charge in [-0.25, -0.2) is 14.5 Å². The molecular weight excluding hydrogens is 345 g/mol. The van der Waals surface area contributed by atoms with Crippen LogP contribution in [0.3, 0.4) is 0 Å². The van der Waals surface area contributed by atoms with Crippen molar-refractivity contribution in [3.05, 3.63) is 28.2 Å². The third kappa shape index (κ3) is 2.87. The summed E-state index contributed by atoms with van der Waals surface area (Å²) in [5, 5.41) is 0.719. The minimum Gasteiger partial charge on any atom is -0.297 e. The maximum absolute atomic E-state index is 12.8. The Balaban J connectivity index is 2.51. The summed E-state index contributed by atoms with van der Waals surface area (Å²) in [4.78, 5) is 29.2. The van der Waals surface area contributed by atoms with Gasteiger partial charge < -0.3 is 0 Å². The summed E-state index contributed by atoms with van der Waals surface area (Å²) in [6, 6.07) is 4.00. The number of carbonyl (C=O) groups excluding carboxylic acids is 2. The number of amides is 4. The summed E-state index contributed by atoms with van der Waals surface area (Å²) in [6.07, 6.45) is 0. The highest BCUT2D eigenvalue weighted by molar-refractivity contribution is 7.81. The van der Waals surface area contributed by atoms with E-state index in [0.717, 1.165) is 0 Å². The normalized spacial score (nSPS) is 20.0. The van der Waals surface area contributed by atoms with Gasteiger partial charge in [0.2, 0.25) is 0 Å². The molecule has 0 N–H and O–H groups in total. The fourth-order valence-electron chi connectivity index (χ4n) is 2.17. The summed E-state index contributed by atoms with van der Waals surface area (Å²) in [5.74, 6) is 0. The van der Waals surface area contributed by atoms with Gasteiger partial charge in [-0.2, -0.15) is 0 Å². The first-order chi connectivity index (χ1) is 10.1. The van der Waals surface area contributed by atoms with E-state index in [1.54, 1.807) is 46.0 Å². The predicted octanol–water partition coefficient (Wildman–Crippen LogP) is 4.30. The third-order valence-electron chi connectivity index (χ3n) is 3.32. The van der Waals surface area contributed by atoms with Gasteiger partial charge in [-0.1, -0.05) is 23.2 Å². The molecule has 1 aromatic rings. The number of hydrogen-bond donors (Lipinski definition) is 1. The SMILES string of the molecule is CN1C(=O)N(C(C)(C)C)C(=O)N(c2ccc(Cl)c(Cl)c2)C1S. The van der Waals surface area contributed by atoms with Gasteiger partial charge in [-0.3, -0.25) is 9.80 Å². The fraction of sp³-hybridized carbons (Fsp3) is 0.429. The van der Waals surface area contributed by atoms with Crippen LogP contribution in [0.25, 0.3) is 0 Å². The molecule has 1 aromatic carbocycles. The summed E-state index contributed by atoms with van der Waals surface area (Å²) in [6.45, 7) is 5.38. The highest BCUT2D eigenvalue weighted by Crippen LogP contribution is 2.34. The zero-order chi connectivity index (χ0) is 16.8. The van der Waals surface area contributed by atoms with Crippen molar-refractivity contribution in [2.45, 2.75) is 31.8 Å². The van der Waals surface area contributed by atoms with E-state index in [4.69, 9.17) is 23.2 Å². The van der Waals surface area contributed by atoms with Crippen LogP contribution in [-0.4, -0.2) is 39.9 Å². The van der Waals surface area contributed by atoms with Gasteiger partial charge in [0.25, 0.3) is 0 Å². The van der Waals surface area contributed by atoms with E-state index in [9.17, 15) is 9.59 Å². The smallest absolute Gasteiger partial charge is 0.297 e. The number of urea groups is 2. The number of nitrogens with zero attached hydrogens (tertiary/aromatic N) is 3. The van der Waals surface area contributed by atoms with Crippen molar-refractivity contribution in [3.8, 4) is 0 Å². The number of thiol groups is 1. The van der Waals surface area contributed by atoms with Crippen molar-refractivity contribution >= 4 is 53.6 Å². The van der Waals surface area contributed by atoms with Crippen LogP contribution in [0.15, 0.2) is 18.2 Å². The average molecular weight is 362 g/mol. The van der Waals surface area contributed by atoms with Gasteiger partial charge in [0.15, 0.2) is 5.50 Å². The molecule has 1 aliphatic rings. The minimum atomic E-state index is -0.726. The maximum atomic E-state index is 12.8. The first-order valence-corrected chi connectivity index (χ1v) is 7.86. The number of imide groups is 1. The molecule has 1 atom stereocenters. The lowest BCUT2D eigenvalue weighted by atomic mass is 10.1. The molecule has 1 heterocycles. The average Bonchev–Trinajstić information content (AvgIpc) is 2.39. The molecule has 0 bridgehead atoms. The van der Waals surface area contributed by atoms with Crippen LogP contribution in [0.2, 0.25) is 10.0 Å². The number of hydrogen-bond acceptors (Lipinski definition) is 3. The van der Waals surface area contributed by atoms with E-state index in [2.05, 4.69) is 12.6 Å². The zero-order valence-electron chi connectivity index (χ0n) is 12.7. The van der Waals surface area contributed by atoms with Gasteiger partial charge >= 0.3 is 12.1 Å². The molecule has 0 aliphatic carbocycles. The molecule has 4 amide bonds. The number of rotatable bonds is 1. The van der Waals surface area contributed by atoms with Crippen LogP contribution in [-0.2, 0) is 0 Å². The Kier molecular flexibility index (Phi) is 4.57. The number of anilines is 1. The first kappa shape index (κ1) is 17.2. The highest BCUT2D eigenvalue weighted by Gasteiger charge is 2.46. The summed E-state index contributed by atoms with van der Waals surface area (Å²) in [5.41, 5.74) is -0.867. The number of halogens is 2. The van der Waals surface area contributed by atoms with E-state index in [0.29, 0.717) is 15.7 Å². The van der Waals surface area contributed by atoms with Crippen molar-refractivity contribution < 1.29 is 9.59 Å². The zero-order valence-corrected chi connectivity index (χ0v) is 15.1. The Labute approximate surface area is 145 Å². The molecule has 0 spiro atoms. The molecule has 120 valence electrons. The van der Waals surface area contributed by atoms with Crippen molar-refractivity contribution in [2.75, 3.05) is 11.9 Å². The summed E-state index contributed by atoms with van der Waals surface area (Å²) in [7, 11) is 1.59. The molecule has 5 nitrogen and oxygen atoms in total. The highest BCUT2D eigenvalue weighted by atomic mass is 35.5. The second-order valence-corrected chi connectivity index (χ2v) is 7.27. The van der Waals surface area contributed by atoms with E-state index in [1.807, 2.05) is 0 Å². The van der Waals surface area contributed by atoms with Crippen molar-refractivity contribution in [1.29, 1.82) is 0 Å². The predicted molar refractivity (Wildman–Crippen MR) is 91.9 cm³/mol. The van der Waals surface area contributed by atoms with Gasteiger partial charge in [0.1, 0.15) is 0 Å². The Hall–Kier alpha value is -1.11. The van der Waals surface area contributed by atoms with Crippen LogP contribution in [0, 0.1) is 0 Å². The topological polar surface area (TPSA) is 43.9 Å². The molecule has 1 saturated heterocycles. The number of benzene rings is 1. The second-order valence-electron chi connectivity index (χ2n) is 6.00. The van der Waals surface area contributed by atoms with Crippen molar-refractivity contribution in [2.24, 2.45) is 0 Å². The van der Waals surface area contributed by atoms with Crippen molar-refractivity contribution in [1.82, 2.24) is 9.80 Å². The molecule has 1 unspecified atom stereocenters. The molecule has 0 aromatic heterocycles. The largest absolute Gasteiger partial charge is 0.335 e. The van der Waals surface area contributed by atoms with Crippen LogP contribution in [0.5, 0.6) is 0 Å². The lowest BCUT2D eigenvalue weighted by Crippen LogP contribution is -2.67. The monoisotopic (exact) mass is 361 g/mol. The summed E-state index contributed by atoms with van der Waals surface area (Å²) >= 11 is 16.3. The third-order valence-corrected chi connectivity index (χ3v) is 4.64.